The lowest BCUT2D eigenvalue weighted by molar-refractivity contribution is 0.0933. The van der Waals surface area contributed by atoms with Gasteiger partial charge in [-0.1, -0.05) is 30.3 Å². The Bertz CT molecular complexity index is 878. The monoisotopic (exact) mass is 336 g/mol. The number of nitrogens with zero attached hydrogens (tertiary/aromatic N) is 1. The molecule has 1 unspecified atom stereocenters. The molecule has 1 heterocycles. The Hall–Kier alpha value is -2.71. The molecule has 3 aromatic rings. The summed E-state index contributed by atoms with van der Waals surface area (Å²) in [7, 11) is 0. The molecule has 0 bridgehead atoms. The van der Waals surface area contributed by atoms with Crippen molar-refractivity contribution >= 4 is 28.6 Å². The van der Waals surface area contributed by atoms with Crippen LogP contribution in [0, 0.1) is 11.3 Å². The van der Waals surface area contributed by atoms with Gasteiger partial charge in [-0.25, -0.2) is 0 Å². The first-order chi connectivity index (χ1) is 11.7. The first kappa shape index (κ1) is 16.2. The Morgan fingerprint density at radius 3 is 2.79 bits per heavy atom. The van der Waals surface area contributed by atoms with Crippen molar-refractivity contribution in [2.45, 2.75) is 17.9 Å². The fourth-order valence-electron chi connectivity index (χ4n) is 2.45. The molecule has 5 heteroatoms. The van der Waals surface area contributed by atoms with E-state index in [9.17, 15) is 4.79 Å². The highest BCUT2D eigenvalue weighted by atomic mass is 32.2. The summed E-state index contributed by atoms with van der Waals surface area (Å²) >= 11 is 1.36. The molecule has 0 saturated carbocycles. The molecule has 0 saturated heterocycles. The average molecular weight is 336 g/mol. The Labute approximate surface area is 144 Å². The molecule has 1 N–H and O–H groups in total. The molecule has 1 amide bonds. The number of rotatable bonds is 5. The SMILES string of the molecule is CC(NC(=O)c1ccccc1SCC#N)c1cc2ccccc2o1. The Morgan fingerprint density at radius 1 is 1.25 bits per heavy atom. The molecule has 0 radical (unpaired) electrons. The summed E-state index contributed by atoms with van der Waals surface area (Å²) in [6, 6.07) is 18.8. The summed E-state index contributed by atoms with van der Waals surface area (Å²) < 4.78 is 5.80. The maximum atomic E-state index is 12.6. The first-order valence-electron chi connectivity index (χ1n) is 7.57. The van der Waals surface area contributed by atoms with Gasteiger partial charge >= 0.3 is 0 Å². The van der Waals surface area contributed by atoms with Gasteiger partial charge in [0.15, 0.2) is 0 Å². The third kappa shape index (κ3) is 3.44. The van der Waals surface area contributed by atoms with E-state index in [0.29, 0.717) is 17.1 Å². The lowest BCUT2D eigenvalue weighted by Gasteiger charge is -2.13. The van der Waals surface area contributed by atoms with Crippen LogP contribution in [-0.4, -0.2) is 11.7 Å². The van der Waals surface area contributed by atoms with Gasteiger partial charge in [-0.15, -0.1) is 11.8 Å². The van der Waals surface area contributed by atoms with Crippen LogP contribution in [0.1, 0.15) is 29.1 Å². The van der Waals surface area contributed by atoms with Crippen LogP contribution in [0.5, 0.6) is 0 Å². The minimum atomic E-state index is -0.251. The van der Waals surface area contributed by atoms with E-state index >= 15 is 0 Å². The van der Waals surface area contributed by atoms with Gasteiger partial charge in [0.2, 0.25) is 0 Å². The van der Waals surface area contributed by atoms with Crippen molar-refractivity contribution in [3.8, 4) is 6.07 Å². The van der Waals surface area contributed by atoms with E-state index in [4.69, 9.17) is 9.68 Å². The number of nitrogens with one attached hydrogen (secondary N) is 1. The van der Waals surface area contributed by atoms with Gasteiger partial charge in [-0.05, 0) is 31.2 Å². The molecule has 0 aliphatic carbocycles. The number of hydrogen-bond donors (Lipinski definition) is 1. The van der Waals surface area contributed by atoms with E-state index in [1.165, 1.54) is 11.8 Å². The quantitative estimate of drug-likeness (QED) is 0.695. The predicted molar refractivity (Wildman–Crippen MR) is 94.9 cm³/mol. The number of fused-ring (bicyclic) bond motifs is 1. The summed E-state index contributed by atoms with van der Waals surface area (Å²) in [6.45, 7) is 1.89. The third-order valence-electron chi connectivity index (χ3n) is 3.64. The van der Waals surface area contributed by atoms with Crippen LogP contribution in [0.15, 0.2) is 63.9 Å². The molecule has 120 valence electrons. The highest BCUT2D eigenvalue weighted by Crippen LogP contribution is 2.25. The van der Waals surface area contributed by atoms with Crippen LogP contribution < -0.4 is 5.32 Å². The molecule has 2 aromatic carbocycles. The normalized spacial score (nSPS) is 11.8. The highest BCUT2D eigenvalue weighted by molar-refractivity contribution is 7.99. The summed E-state index contributed by atoms with van der Waals surface area (Å²) in [5, 5.41) is 12.7. The van der Waals surface area contributed by atoms with Crippen LogP contribution in [0.3, 0.4) is 0 Å². The molecule has 0 spiro atoms. The number of carbonyl (C=O) groups excluding carboxylic acids is 1. The van der Waals surface area contributed by atoms with Gasteiger partial charge in [0.05, 0.1) is 23.4 Å². The van der Waals surface area contributed by atoms with E-state index in [-0.39, 0.29) is 11.9 Å². The van der Waals surface area contributed by atoms with Crippen LogP contribution in [0.25, 0.3) is 11.0 Å². The number of nitriles is 1. The van der Waals surface area contributed by atoms with Crippen LogP contribution in [0.4, 0.5) is 0 Å². The standard InChI is InChI=1S/C19H16N2O2S/c1-13(17-12-14-6-2-4-8-16(14)23-17)21-19(22)15-7-3-5-9-18(15)24-11-10-20/h2-9,12-13H,11H2,1H3,(H,21,22). The summed E-state index contributed by atoms with van der Waals surface area (Å²) in [6.07, 6.45) is 0. The highest BCUT2D eigenvalue weighted by Gasteiger charge is 2.17. The molecule has 0 fully saturated rings. The van der Waals surface area contributed by atoms with Crippen LogP contribution >= 0.6 is 11.8 Å². The second-order valence-electron chi connectivity index (χ2n) is 5.32. The summed E-state index contributed by atoms with van der Waals surface area (Å²) in [5.41, 5.74) is 1.37. The number of thioether (sulfide) groups is 1. The van der Waals surface area contributed by atoms with E-state index in [2.05, 4.69) is 11.4 Å². The largest absolute Gasteiger partial charge is 0.459 e. The average Bonchev–Trinajstić information content (AvgIpc) is 3.04. The zero-order chi connectivity index (χ0) is 16.9. The number of para-hydroxylation sites is 1. The van der Waals surface area contributed by atoms with Crippen molar-refractivity contribution in [3.05, 3.63) is 65.9 Å². The zero-order valence-corrected chi connectivity index (χ0v) is 14.0. The van der Waals surface area contributed by atoms with Crippen LogP contribution in [0.2, 0.25) is 0 Å². The molecule has 0 aliphatic rings. The van der Waals surface area contributed by atoms with Gasteiger partial charge in [0.25, 0.3) is 5.91 Å². The maximum absolute atomic E-state index is 12.6. The number of amides is 1. The van der Waals surface area contributed by atoms with E-state index in [0.717, 1.165) is 15.9 Å². The summed E-state index contributed by atoms with van der Waals surface area (Å²) in [4.78, 5) is 13.4. The molecule has 1 atom stereocenters. The van der Waals surface area contributed by atoms with E-state index in [1.54, 1.807) is 6.07 Å². The van der Waals surface area contributed by atoms with Gasteiger partial charge in [-0.2, -0.15) is 5.26 Å². The second-order valence-corrected chi connectivity index (χ2v) is 6.34. The van der Waals surface area contributed by atoms with Gasteiger partial charge in [0, 0.05) is 10.3 Å². The van der Waals surface area contributed by atoms with Crippen LogP contribution in [-0.2, 0) is 0 Å². The number of benzene rings is 2. The minimum absolute atomic E-state index is 0.177. The van der Waals surface area contributed by atoms with Crippen molar-refractivity contribution < 1.29 is 9.21 Å². The van der Waals surface area contributed by atoms with Crippen molar-refractivity contribution in [2.24, 2.45) is 0 Å². The Morgan fingerprint density at radius 2 is 2.00 bits per heavy atom. The maximum Gasteiger partial charge on any atom is 0.252 e. The van der Waals surface area contributed by atoms with Gasteiger partial charge in [0.1, 0.15) is 11.3 Å². The lowest BCUT2D eigenvalue weighted by Crippen LogP contribution is -2.26. The molecule has 3 rings (SSSR count). The molecule has 4 nitrogen and oxygen atoms in total. The van der Waals surface area contributed by atoms with Crippen molar-refractivity contribution in [3.63, 3.8) is 0 Å². The van der Waals surface area contributed by atoms with Gasteiger partial charge in [-0.3, -0.25) is 4.79 Å². The lowest BCUT2D eigenvalue weighted by atomic mass is 10.1. The zero-order valence-electron chi connectivity index (χ0n) is 13.2. The number of furan rings is 1. The number of hydrogen-bond acceptors (Lipinski definition) is 4. The van der Waals surface area contributed by atoms with Crippen molar-refractivity contribution in [2.75, 3.05) is 5.75 Å². The molecular weight excluding hydrogens is 320 g/mol. The minimum Gasteiger partial charge on any atom is -0.459 e. The van der Waals surface area contributed by atoms with E-state index in [1.807, 2.05) is 55.5 Å². The Balaban J connectivity index is 1.78. The second kappa shape index (κ2) is 7.24. The first-order valence-corrected chi connectivity index (χ1v) is 8.55. The molecule has 1 aromatic heterocycles. The van der Waals surface area contributed by atoms with Crippen molar-refractivity contribution in [1.29, 1.82) is 5.26 Å². The predicted octanol–water partition coefficient (Wildman–Crippen LogP) is 4.54. The fraction of sp³-hybridized carbons (Fsp3) is 0.158. The third-order valence-corrected chi connectivity index (χ3v) is 4.58. The molecule has 24 heavy (non-hydrogen) atoms. The van der Waals surface area contributed by atoms with Gasteiger partial charge < -0.3 is 9.73 Å². The molecular formula is C19H16N2O2S. The van der Waals surface area contributed by atoms with Crippen molar-refractivity contribution in [1.82, 2.24) is 5.32 Å². The Kier molecular flexibility index (Phi) is 4.88. The smallest absolute Gasteiger partial charge is 0.252 e. The molecule has 0 aliphatic heterocycles. The fourth-order valence-corrected chi connectivity index (χ4v) is 3.16. The number of carbonyl (C=O) groups is 1. The summed E-state index contributed by atoms with van der Waals surface area (Å²) in [5.74, 6) is 0.847. The van der Waals surface area contributed by atoms with E-state index < -0.39 is 0 Å². The topological polar surface area (TPSA) is 66.0 Å².